The molecule has 2 unspecified atom stereocenters. The number of ether oxygens (including phenoxy) is 1. The van der Waals surface area contributed by atoms with E-state index < -0.39 is 5.60 Å². The standard InChI is InChI=1S/C15H22O2/c1-11(2)17-14-8-4-7-13(10-14)15(16)9-5-6-12(15)3/h4,7-8,10-12,16H,5-6,9H2,1-3H3. The van der Waals surface area contributed by atoms with E-state index in [4.69, 9.17) is 4.74 Å². The number of benzene rings is 1. The maximum absolute atomic E-state index is 10.7. The van der Waals surface area contributed by atoms with E-state index in [9.17, 15) is 5.11 Å². The van der Waals surface area contributed by atoms with Gasteiger partial charge in [0.1, 0.15) is 5.75 Å². The highest BCUT2D eigenvalue weighted by atomic mass is 16.5. The van der Waals surface area contributed by atoms with Crippen molar-refractivity contribution < 1.29 is 9.84 Å². The molecule has 0 amide bonds. The van der Waals surface area contributed by atoms with Gasteiger partial charge in [0, 0.05) is 0 Å². The molecule has 94 valence electrons. The third-order valence-corrected chi connectivity index (χ3v) is 3.72. The van der Waals surface area contributed by atoms with Gasteiger partial charge in [0.15, 0.2) is 0 Å². The van der Waals surface area contributed by atoms with Gasteiger partial charge in [0.25, 0.3) is 0 Å². The van der Waals surface area contributed by atoms with Crippen molar-refractivity contribution in [1.29, 1.82) is 0 Å². The van der Waals surface area contributed by atoms with Crippen LogP contribution >= 0.6 is 0 Å². The predicted octanol–water partition coefficient (Wildman–Crippen LogP) is 3.48. The number of hydrogen-bond acceptors (Lipinski definition) is 2. The highest BCUT2D eigenvalue weighted by Crippen LogP contribution is 2.43. The highest BCUT2D eigenvalue weighted by Gasteiger charge is 2.39. The summed E-state index contributed by atoms with van der Waals surface area (Å²) in [4.78, 5) is 0. The summed E-state index contributed by atoms with van der Waals surface area (Å²) in [7, 11) is 0. The Morgan fingerprint density at radius 2 is 2.18 bits per heavy atom. The largest absolute Gasteiger partial charge is 0.491 e. The highest BCUT2D eigenvalue weighted by molar-refractivity contribution is 5.33. The molecule has 0 radical (unpaired) electrons. The van der Waals surface area contributed by atoms with E-state index in [0.29, 0.717) is 5.92 Å². The molecule has 1 aromatic rings. The van der Waals surface area contributed by atoms with E-state index in [1.54, 1.807) is 0 Å². The Labute approximate surface area is 104 Å². The molecule has 0 aromatic heterocycles. The molecule has 0 saturated heterocycles. The summed E-state index contributed by atoms with van der Waals surface area (Å²) in [6.45, 7) is 6.15. The van der Waals surface area contributed by atoms with Crippen LogP contribution in [0.15, 0.2) is 24.3 Å². The number of hydrogen-bond donors (Lipinski definition) is 1. The Balaban J connectivity index is 2.26. The third-order valence-electron chi connectivity index (χ3n) is 3.72. The summed E-state index contributed by atoms with van der Waals surface area (Å²) >= 11 is 0. The SMILES string of the molecule is CC(C)Oc1cccc(C2(O)CCCC2C)c1. The molecule has 1 N–H and O–H groups in total. The molecular formula is C15H22O2. The van der Waals surface area contributed by atoms with Crippen LogP contribution in [-0.4, -0.2) is 11.2 Å². The Bertz CT molecular complexity index is 386. The minimum absolute atomic E-state index is 0.167. The van der Waals surface area contributed by atoms with Crippen LogP contribution in [0, 0.1) is 5.92 Å². The fourth-order valence-corrected chi connectivity index (χ4v) is 2.70. The van der Waals surface area contributed by atoms with E-state index in [1.165, 1.54) is 0 Å². The summed E-state index contributed by atoms with van der Waals surface area (Å²) in [6.07, 6.45) is 3.23. The Kier molecular flexibility index (Phi) is 3.43. The first-order valence-corrected chi connectivity index (χ1v) is 6.52. The van der Waals surface area contributed by atoms with E-state index in [-0.39, 0.29) is 6.10 Å². The minimum Gasteiger partial charge on any atom is -0.491 e. The number of rotatable bonds is 3. The van der Waals surface area contributed by atoms with Crippen molar-refractivity contribution in [2.24, 2.45) is 5.92 Å². The molecular weight excluding hydrogens is 212 g/mol. The van der Waals surface area contributed by atoms with Crippen molar-refractivity contribution in [3.05, 3.63) is 29.8 Å². The molecule has 2 atom stereocenters. The Morgan fingerprint density at radius 1 is 1.41 bits per heavy atom. The molecule has 0 heterocycles. The summed E-state index contributed by atoms with van der Waals surface area (Å²) in [5.41, 5.74) is 0.344. The van der Waals surface area contributed by atoms with Gasteiger partial charge in [-0.05, 0) is 56.7 Å². The molecule has 2 nitrogen and oxygen atoms in total. The zero-order valence-corrected chi connectivity index (χ0v) is 10.9. The molecule has 1 aliphatic rings. The Hall–Kier alpha value is -1.02. The first-order chi connectivity index (χ1) is 8.02. The summed E-state index contributed by atoms with van der Waals surface area (Å²) in [5, 5.41) is 10.7. The van der Waals surface area contributed by atoms with Gasteiger partial charge in [0.05, 0.1) is 11.7 Å². The van der Waals surface area contributed by atoms with Gasteiger partial charge >= 0.3 is 0 Å². The van der Waals surface area contributed by atoms with Crippen LogP contribution in [0.25, 0.3) is 0 Å². The van der Waals surface area contributed by atoms with Crippen molar-refractivity contribution in [2.75, 3.05) is 0 Å². The van der Waals surface area contributed by atoms with Crippen molar-refractivity contribution in [1.82, 2.24) is 0 Å². The fourth-order valence-electron chi connectivity index (χ4n) is 2.70. The molecule has 1 aromatic carbocycles. The maximum atomic E-state index is 10.7. The van der Waals surface area contributed by atoms with Crippen molar-refractivity contribution >= 4 is 0 Å². The molecule has 2 rings (SSSR count). The van der Waals surface area contributed by atoms with Crippen molar-refractivity contribution in [3.63, 3.8) is 0 Å². The van der Waals surface area contributed by atoms with Crippen molar-refractivity contribution in [3.8, 4) is 5.75 Å². The van der Waals surface area contributed by atoms with Crippen LogP contribution in [-0.2, 0) is 5.60 Å². The first-order valence-electron chi connectivity index (χ1n) is 6.52. The van der Waals surface area contributed by atoms with Crippen LogP contribution < -0.4 is 4.74 Å². The topological polar surface area (TPSA) is 29.5 Å². The van der Waals surface area contributed by atoms with Crippen LogP contribution in [0.4, 0.5) is 0 Å². The normalized spacial score (nSPS) is 28.6. The van der Waals surface area contributed by atoms with E-state index >= 15 is 0 Å². The van der Waals surface area contributed by atoms with Crippen molar-refractivity contribution in [2.45, 2.75) is 51.7 Å². The molecule has 0 spiro atoms. The second-order valence-corrected chi connectivity index (χ2v) is 5.41. The van der Waals surface area contributed by atoms with E-state index in [0.717, 1.165) is 30.6 Å². The Morgan fingerprint density at radius 3 is 2.76 bits per heavy atom. The lowest BCUT2D eigenvalue weighted by atomic mass is 9.85. The second-order valence-electron chi connectivity index (χ2n) is 5.41. The fraction of sp³-hybridized carbons (Fsp3) is 0.600. The van der Waals surface area contributed by atoms with Crippen LogP contribution in [0.2, 0.25) is 0 Å². The van der Waals surface area contributed by atoms with Crippen LogP contribution in [0.3, 0.4) is 0 Å². The van der Waals surface area contributed by atoms with Gasteiger partial charge in [-0.25, -0.2) is 0 Å². The lowest BCUT2D eigenvalue weighted by Gasteiger charge is -2.28. The maximum Gasteiger partial charge on any atom is 0.120 e. The molecule has 2 heteroatoms. The molecule has 1 saturated carbocycles. The predicted molar refractivity (Wildman–Crippen MR) is 69.1 cm³/mol. The van der Waals surface area contributed by atoms with E-state index in [2.05, 4.69) is 6.92 Å². The first kappa shape index (κ1) is 12.4. The zero-order valence-electron chi connectivity index (χ0n) is 10.9. The molecule has 1 aliphatic carbocycles. The van der Waals surface area contributed by atoms with Gasteiger partial charge < -0.3 is 9.84 Å². The monoisotopic (exact) mass is 234 g/mol. The van der Waals surface area contributed by atoms with E-state index in [1.807, 2.05) is 38.1 Å². The summed E-state index contributed by atoms with van der Waals surface area (Å²) in [6, 6.07) is 7.92. The van der Waals surface area contributed by atoms with Gasteiger partial charge in [-0.15, -0.1) is 0 Å². The third kappa shape index (κ3) is 2.47. The molecule has 0 aliphatic heterocycles. The zero-order chi connectivity index (χ0) is 12.5. The lowest BCUT2D eigenvalue weighted by Crippen LogP contribution is -2.28. The molecule has 17 heavy (non-hydrogen) atoms. The molecule has 0 bridgehead atoms. The second kappa shape index (κ2) is 4.69. The average Bonchev–Trinajstić information content (AvgIpc) is 2.60. The average molecular weight is 234 g/mol. The summed E-state index contributed by atoms with van der Waals surface area (Å²) < 4.78 is 5.68. The quantitative estimate of drug-likeness (QED) is 0.867. The van der Waals surface area contributed by atoms with Gasteiger partial charge in [-0.3, -0.25) is 0 Å². The van der Waals surface area contributed by atoms with Gasteiger partial charge in [0.2, 0.25) is 0 Å². The van der Waals surface area contributed by atoms with Gasteiger partial charge in [-0.2, -0.15) is 0 Å². The van der Waals surface area contributed by atoms with Gasteiger partial charge in [-0.1, -0.05) is 19.1 Å². The van der Waals surface area contributed by atoms with Crippen LogP contribution in [0.1, 0.15) is 45.6 Å². The lowest BCUT2D eigenvalue weighted by molar-refractivity contribution is 0.00420. The molecule has 1 fully saturated rings. The van der Waals surface area contributed by atoms with Crippen LogP contribution in [0.5, 0.6) is 5.75 Å². The minimum atomic E-state index is -0.656. The number of aliphatic hydroxyl groups is 1. The summed E-state index contributed by atoms with van der Waals surface area (Å²) in [5.74, 6) is 1.18. The smallest absolute Gasteiger partial charge is 0.120 e.